The SMILES string of the molecule is CCn1cc(CN2CCC(n3nc(C)cc3C)CC2)c2cc(OC)ccc21. The van der Waals surface area contributed by atoms with E-state index < -0.39 is 0 Å². The molecule has 3 heterocycles. The number of benzene rings is 1. The molecule has 27 heavy (non-hydrogen) atoms. The van der Waals surface area contributed by atoms with Gasteiger partial charge >= 0.3 is 0 Å². The van der Waals surface area contributed by atoms with Crippen LogP contribution in [0.25, 0.3) is 10.9 Å². The predicted molar refractivity (Wildman–Crippen MR) is 109 cm³/mol. The largest absolute Gasteiger partial charge is 0.497 e. The van der Waals surface area contributed by atoms with E-state index in [2.05, 4.69) is 65.4 Å². The first kappa shape index (κ1) is 18.1. The molecule has 1 aromatic carbocycles. The van der Waals surface area contributed by atoms with E-state index in [1.54, 1.807) is 7.11 Å². The number of ether oxygens (including phenoxy) is 1. The number of fused-ring (bicyclic) bond motifs is 1. The fourth-order valence-corrected chi connectivity index (χ4v) is 4.44. The summed E-state index contributed by atoms with van der Waals surface area (Å²) in [4.78, 5) is 2.58. The number of hydrogen-bond acceptors (Lipinski definition) is 3. The second kappa shape index (κ2) is 7.39. The maximum Gasteiger partial charge on any atom is 0.119 e. The first-order valence-corrected chi connectivity index (χ1v) is 10.00. The van der Waals surface area contributed by atoms with Crippen LogP contribution in [0.15, 0.2) is 30.5 Å². The van der Waals surface area contributed by atoms with Crippen molar-refractivity contribution in [1.82, 2.24) is 19.2 Å². The lowest BCUT2D eigenvalue weighted by Gasteiger charge is -2.32. The quantitative estimate of drug-likeness (QED) is 0.674. The van der Waals surface area contributed by atoms with Gasteiger partial charge in [0.2, 0.25) is 0 Å². The molecule has 5 heteroatoms. The van der Waals surface area contributed by atoms with Crippen LogP contribution in [0.4, 0.5) is 0 Å². The third-order valence-corrected chi connectivity index (χ3v) is 5.85. The molecule has 5 nitrogen and oxygen atoms in total. The molecule has 0 radical (unpaired) electrons. The number of methoxy groups -OCH3 is 1. The Balaban J connectivity index is 1.49. The van der Waals surface area contributed by atoms with Gasteiger partial charge in [0.25, 0.3) is 0 Å². The Morgan fingerprint density at radius 3 is 2.56 bits per heavy atom. The minimum atomic E-state index is 0.534. The lowest BCUT2D eigenvalue weighted by Crippen LogP contribution is -2.34. The molecule has 1 aliphatic heterocycles. The zero-order chi connectivity index (χ0) is 19.0. The zero-order valence-electron chi connectivity index (χ0n) is 16.9. The van der Waals surface area contributed by atoms with E-state index in [-0.39, 0.29) is 0 Å². The van der Waals surface area contributed by atoms with Crippen molar-refractivity contribution >= 4 is 10.9 Å². The zero-order valence-corrected chi connectivity index (χ0v) is 16.9. The minimum Gasteiger partial charge on any atom is -0.497 e. The van der Waals surface area contributed by atoms with Crippen LogP contribution in [0.3, 0.4) is 0 Å². The summed E-state index contributed by atoms with van der Waals surface area (Å²) in [6.45, 7) is 10.7. The van der Waals surface area contributed by atoms with E-state index in [9.17, 15) is 0 Å². The number of aromatic nitrogens is 3. The summed E-state index contributed by atoms with van der Waals surface area (Å²) in [7, 11) is 1.74. The number of rotatable bonds is 5. The molecule has 2 aromatic heterocycles. The van der Waals surface area contributed by atoms with Crippen LogP contribution in [0.2, 0.25) is 0 Å². The maximum absolute atomic E-state index is 5.45. The summed E-state index contributed by atoms with van der Waals surface area (Å²) in [5, 5.41) is 6.01. The lowest BCUT2D eigenvalue weighted by molar-refractivity contribution is 0.172. The molecular weight excluding hydrogens is 336 g/mol. The molecule has 0 aliphatic carbocycles. The van der Waals surface area contributed by atoms with Crippen LogP contribution in [0, 0.1) is 13.8 Å². The number of aryl methyl sites for hydroxylation is 3. The van der Waals surface area contributed by atoms with E-state index in [0.717, 1.165) is 50.5 Å². The second-order valence-electron chi connectivity index (χ2n) is 7.70. The fourth-order valence-electron chi connectivity index (χ4n) is 4.44. The van der Waals surface area contributed by atoms with Gasteiger partial charge in [0.15, 0.2) is 0 Å². The first-order chi connectivity index (χ1) is 13.1. The van der Waals surface area contributed by atoms with Gasteiger partial charge in [-0.1, -0.05) is 0 Å². The number of nitrogens with zero attached hydrogens (tertiary/aromatic N) is 4. The van der Waals surface area contributed by atoms with Crippen LogP contribution >= 0.6 is 0 Å². The van der Waals surface area contributed by atoms with Gasteiger partial charge in [-0.3, -0.25) is 9.58 Å². The molecule has 1 saturated heterocycles. The molecule has 144 valence electrons. The van der Waals surface area contributed by atoms with E-state index >= 15 is 0 Å². The van der Waals surface area contributed by atoms with Crippen molar-refractivity contribution in [3.8, 4) is 5.75 Å². The van der Waals surface area contributed by atoms with Crippen molar-refractivity contribution in [3.63, 3.8) is 0 Å². The standard InChI is InChI=1S/C22H30N4O/c1-5-25-15-18(21-13-20(27-4)6-7-22(21)25)14-24-10-8-19(9-11-24)26-17(3)12-16(2)23-26/h6-7,12-13,15,19H,5,8-11,14H2,1-4H3. The molecule has 4 rings (SSSR count). The monoisotopic (exact) mass is 366 g/mol. The third kappa shape index (κ3) is 3.48. The molecular formula is C22H30N4O. The average molecular weight is 367 g/mol. The highest BCUT2D eigenvalue weighted by Gasteiger charge is 2.23. The highest BCUT2D eigenvalue weighted by molar-refractivity contribution is 5.85. The van der Waals surface area contributed by atoms with Gasteiger partial charge in [-0.15, -0.1) is 0 Å². The summed E-state index contributed by atoms with van der Waals surface area (Å²) < 4.78 is 10.0. The van der Waals surface area contributed by atoms with E-state index in [0.29, 0.717) is 6.04 Å². The molecule has 0 bridgehead atoms. The normalized spacial score (nSPS) is 16.3. The Kier molecular flexibility index (Phi) is 4.96. The van der Waals surface area contributed by atoms with Crippen LogP contribution in [0.5, 0.6) is 5.75 Å². The number of piperidine rings is 1. The van der Waals surface area contributed by atoms with Crippen molar-refractivity contribution in [1.29, 1.82) is 0 Å². The highest BCUT2D eigenvalue weighted by atomic mass is 16.5. The summed E-state index contributed by atoms with van der Waals surface area (Å²) >= 11 is 0. The van der Waals surface area contributed by atoms with Crippen LogP contribution in [0.1, 0.15) is 42.8 Å². The summed E-state index contributed by atoms with van der Waals surface area (Å²) in [5.74, 6) is 0.931. The van der Waals surface area contributed by atoms with E-state index in [4.69, 9.17) is 9.84 Å². The number of hydrogen-bond donors (Lipinski definition) is 0. The topological polar surface area (TPSA) is 35.2 Å². The van der Waals surface area contributed by atoms with Crippen molar-refractivity contribution in [3.05, 3.63) is 47.4 Å². The van der Waals surface area contributed by atoms with Gasteiger partial charge in [0.1, 0.15) is 5.75 Å². The molecule has 3 aromatic rings. The van der Waals surface area contributed by atoms with Gasteiger partial charge in [-0.25, -0.2) is 0 Å². The van der Waals surface area contributed by atoms with Crippen LogP contribution in [-0.4, -0.2) is 39.4 Å². The molecule has 0 atom stereocenters. The molecule has 1 fully saturated rings. The molecule has 0 amide bonds. The van der Waals surface area contributed by atoms with Gasteiger partial charge in [0, 0.05) is 49.0 Å². The Hall–Kier alpha value is -2.27. The predicted octanol–water partition coefficient (Wildman–Crippen LogP) is 4.32. The Morgan fingerprint density at radius 1 is 1.15 bits per heavy atom. The van der Waals surface area contributed by atoms with Crippen molar-refractivity contribution in [2.24, 2.45) is 0 Å². The maximum atomic E-state index is 5.45. The first-order valence-electron chi connectivity index (χ1n) is 10.00. The highest BCUT2D eigenvalue weighted by Crippen LogP contribution is 2.29. The fraction of sp³-hybridized carbons (Fsp3) is 0.500. The van der Waals surface area contributed by atoms with Crippen molar-refractivity contribution in [2.75, 3.05) is 20.2 Å². The molecule has 0 N–H and O–H groups in total. The number of likely N-dealkylation sites (tertiary alicyclic amines) is 1. The van der Waals surface area contributed by atoms with Gasteiger partial charge in [0.05, 0.1) is 18.8 Å². The summed E-state index contributed by atoms with van der Waals surface area (Å²) in [5.41, 5.74) is 5.10. The van der Waals surface area contributed by atoms with Crippen LogP contribution < -0.4 is 4.74 Å². The second-order valence-corrected chi connectivity index (χ2v) is 7.70. The minimum absolute atomic E-state index is 0.534. The average Bonchev–Trinajstić information content (AvgIpc) is 3.21. The van der Waals surface area contributed by atoms with Crippen LogP contribution in [-0.2, 0) is 13.1 Å². The van der Waals surface area contributed by atoms with Gasteiger partial charge < -0.3 is 9.30 Å². The Morgan fingerprint density at radius 2 is 1.93 bits per heavy atom. The third-order valence-electron chi connectivity index (χ3n) is 5.85. The molecule has 0 unspecified atom stereocenters. The Labute approximate surface area is 161 Å². The molecule has 0 saturated carbocycles. The van der Waals surface area contributed by atoms with Gasteiger partial charge in [-0.05, 0) is 63.4 Å². The smallest absolute Gasteiger partial charge is 0.119 e. The van der Waals surface area contributed by atoms with E-state index in [1.807, 2.05) is 0 Å². The molecule has 1 aliphatic rings. The summed E-state index contributed by atoms with van der Waals surface area (Å²) in [6.07, 6.45) is 4.65. The van der Waals surface area contributed by atoms with Gasteiger partial charge in [-0.2, -0.15) is 5.10 Å². The van der Waals surface area contributed by atoms with Crippen molar-refractivity contribution in [2.45, 2.75) is 52.7 Å². The lowest BCUT2D eigenvalue weighted by atomic mass is 10.0. The Bertz CT molecular complexity index is 931. The molecule has 0 spiro atoms. The van der Waals surface area contributed by atoms with Crippen molar-refractivity contribution < 1.29 is 4.74 Å². The van der Waals surface area contributed by atoms with E-state index in [1.165, 1.54) is 22.2 Å². The summed E-state index contributed by atoms with van der Waals surface area (Å²) in [6, 6.07) is 9.12.